The molecule has 1 N–H and O–H groups in total. The zero-order valence-electron chi connectivity index (χ0n) is 9.37. The molecule has 3 unspecified atom stereocenters. The standard InChI is InChI=1S/C11H16BNO3/c1-13-7-2-3-8(13)5-9(4-7)16-11(15)10(12)6-14/h2-3,7-10,14H,4-6H2,1H3. The smallest absolute Gasteiger partial charge is 0.302 e. The highest BCUT2D eigenvalue weighted by molar-refractivity contribution is 6.22. The van der Waals surface area contributed by atoms with Crippen LogP contribution in [0.5, 0.6) is 0 Å². The van der Waals surface area contributed by atoms with Crippen molar-refractivity contribution in [2.24, 2.45) is 0 Å². The number of fused-ring (bicyclic) bond motifs is 2. The molecule has 4 nitrogen and oxygen atoms in total. The summed E-state index contributed by atoms with van der Waals surface area (Å²) in [4.78, 5) is 13.7. The van der Waals surface area contributed by atoms with Crippen molar-refractivity contribution in [1.29, 1.82) is 0 Å². The second-order valence-corrected chi connectivity index (χ2v) is 4.50. The Morgan fingerprint density at radius 2 is 2.12 bits per heavy atom. The van der Waals surface area contributed by atoms with Gasteiger partial charge < -0.3 is 9.84 Å². The topological polar surface area (TPSA) is 49.8 Å². The molecule has 2 radical (unpaired) electrons. The maximum Gasteiger partial charge on any atom is 0.302 e. The van der Waals surface area contributed by atoms with Gasteiger partial charge in [-0.2, -0.15) is 0 Å². The molecular formula is C11H16BNO3. The Bertz CT molecular complexity index is 292. The number of likely N-dealkylation sites (N-methyl/N-ethyl adjacent to an activating group) is 1. The molecule has 1 saturated heterocycles. The highest BCUT2D eigenvalue weighted by Crippen LogP contribution is 2.30. The van der Waals surface area contributed by atoms with Gasteiger partial charge >= 0.3 is 5.97 Å². The molecule has 2 aliphatic rings. The third kappa shape index (κ3) is 2.15. The average Bonchev–Trinajstić information content (AvgIpc) is 2.52. The molecule has 86 valence electrons. The predicted molar refractivity (Wildman–Crippen MR) is 60.2 cm³/mol. The summed E-state index contributed by atoms with van der Waals surface area (Å²) >= 11 is 0. The van der Waals surface area contributed by atoms with Crippen molar-refractivity contribution in [3.05, 3.63) is 12.2 Å². The fraction of sp³-hybridized carbons (Fsp3) is 0.727. The first-order valence-electron chi connectivity index (χ1n) is 5.59. The van der Waals surface area contributed by atoms with E-state index in [9.17, 15) is 4.79 Å². The zero-order chi connectivity index (χ0) is 11.7. The van der Waals surface area contributed by atoms with E-state index in [1.165, 1.54) is 0 Å². The lowest BCUT2D eigenvalue weighted by Gasteiger charge is -2.36. The van der Waals surface area contributed by atoms with E-state index in [2.05, 4.69) is 24.1 Å². The number of carbonyl (C=O) groups is 1. The van der Waals surface area contributed by atoms with Crippen molar-refractivity contribution in [3.63, 3.8) is 0 Å². The van der Waals surface area contributed by atoms with Gasteiger partial charge in [-0.3, -0.25) is 9.69 Å². The van der Waals surface area contributed by atoms with Gasteiger partial charge in [-0.25, -0.2) is 0 Å². The molecule has 1 fully saturated rings. The summed E-state index contributed by atoms with van der Waals surface area (Å²) in [5.74, 6) is -1.42. The monoisotopic (exact) mass is 221 g/mol. The van der Waals surface area contributed by atoms with Crippen molar-refractivity contribution >= 4 is 13.8 Å². The second-order valence-electron chi connectivity index (χ2n) is 4.50. The van der Waals surface area contributed by atoms with Crippen LogP contribution >= 0.6 is 0 Å². The van der Waals surface area contributed by atoms with E-state index >= 15 is 0 Å². The van der Waals surface area contributed by atoms with E-state index in [1.54, 1.807) is 0 Å². The number of carbonyl (C=O) groups excluding carboxylic acids is 1. The van der Waals surface area contributed by atoms with Crippen LogP contribution in [0.1, 0.15) is 12.8 Å². The lowest BCUT2D eigenvalue weighted by Crippen LogP contribution is -2.44. The Labute approximate surface area is 96.7 Å². The lowest BCUT2D eigenvalue weighted by molar-refractivity contribution is -0.152. The minimum Gasteiger partial charge on any atom is -0.462 e. The molecule has 3 atom stereocenters. The molecule has 5 heteroatoms. The van der Waals surface area contributed by atoms with Gasteiger partial charge in [0.05, 0.1) is 7.85 Å². The molecule has 2 aliphatic heterocycles. The van der Waals surface area contributed by atoms with Crippen molar-refractivity contribution in [2.45, 2.75) is 36.8 Å². The van der Waals surface area contributed by atoms with Crippen LogP contribution in [0.25, 0.3) is 0 Å². The van der Waals surface area contributed by atoms with Crippen molar-refractivity contribution in [2.75, 3.05) is 13.7 Å². The number of hydrogen-bond donors (Lipinski definition) is 1. The number of hydrogen-bond acceptors (Lipinski definition) is 4. The second kappa shape index (κ2) is 4.59. The third-order valence-electron chi connectivity index (χ3n) is 3.39. The zero-order valence-corrected chi connectivity index (χ0v) is 9.37. The number of aliphatic hydroxyl groups excluding tert-OH is 1. The van der Waals surface area contributed by atoms with Crippen LogP contribution in [0.2, 0.25) is 5.82 Å². The van der Waals surface area contributed by atoms with E-state index in [0.29, 0.717) is 12.1 Å². The highest BCUT2D eigenvalue weighted by Gasteiger charge is 2.36. The van der Waals surface area contributed by atoms with E-state index in [-0.39, 0.29) is 12.7 Å². The normalized spacial score (nSPS) is 35.0. The fourth-order valence-corrected chi connectivity index (χ4v) is 2.32. The summed E-state index contributed by atoms with van der Waals surface area (Å²) in [6.45, 7) is -0.365. The Kier molecular flexibility index (Phi) is 3.35. The average molecular weight is 221 g/mol. The predicted octanol–water partition coefficient (Wildman–Crippen LogP) is -0.120. The van der Waals surface area contributed by atoms with Gasteiger partial charge in [-0.05, 0) is 7.05 Å². The van der Waals surface area contributed by atoms with Crippen LogP contribution in [0.3, 0.4) is 0 Å². The lowest BCUT2D eigenvalue weighted by atomic mass is 9.88. The molecule has 0 aliphatic carbocycles. The molecule has 2 bridgehead atoms. The van der Waals surface area contributed by atoms with Gasteiger partial charge in [0.2, 0.25) is 0 Å². The Hall–Kier alpha value is -0.805. The summed E-state index contributed by atoms with van der Waals surface area (Å²) in [5.41, 5.74) is 0. The van der Waals surface area contributed by atoms with Crippen LogP contribution < -0.4 is 0 Å². The summed E-state index contributed by atoms with van der Waals surface area (Å²) in [7, 11) is 7.47. The van der Waals surface area contributed by atoms with Crippen molar-refractivity contribution in [3.8, 4) is 0 Å². The minimum atomic E-state index is -0.912. The van der Waals surface area contributed by atoms with Crippen LogP contribution in [0.4, 0.5) is 0 Å². The Morgan fingerprint density at radius 3 is 2.62 bits per heavy atom. The van der Waals surface area contributed by atoms with E-state index < -0.39 is 11.8 Å². The van der Waals surface area contributed by atoms with Crippen molar-refractivity contribution < 1.29 is 14.6 Å². The van der Waals surface area contributed by atoms with Crippen LogP contribution in [-0.2, 0) is 9.53 Å². The molecule has 0 aromatic heterocycles. The number of esters is 1. The number of nitrogens with zero attached hydrogens (tertiary/aromatic N) is 1. The van der Waals surface area contributed by atoms with E-state index in [0.717, 1.165) is 12.8 Å². The highest BCUT2D eigenvalue weighted by atomic mass is 16.5. The van der Waals surface area contributed by atoms with Crippen LogP contribution in [0, 0.1) is 0 Å². The molecule has 0 aromatic rings. The molecule has 2 rings (SSSR count). The molecule has 0 amide bonds. The van der Waals surface area contributed by atoms with E-state index in [4.69, 9.17) is 17.7 Å². The first kappa shape index (κ1) is 11.7. The summed E-state index contributed by atoms with van der Waals surface area (Å²) in [6.07, 6.45) is 5.86. The molecular weight excluding hydrogens is 205 g/mol. The fourth-order valence-electron chi connectivity index (χ4n) is 2.32. The first-order chi connectivity index (χ1) is 7.61. The number of piperidine rings is 1. The van der Waals surface area contributed by atoms with Gasteiger partial charge in [0, 0.05) is 37.3 Å². The minimum absolute atomic E-state index is 0.0775. The Morgan fingerprint density at radius 1 is 1.56 bits per heavy atom. The molecule has 2 heterocycles. The first-order valence-corrected chi connectivity index (χ1v) is 5.59. The quantitative estimate of drug-likeness (QED) is 0.410. The summed E-state index contributed by atoms with van der Waals surface area (Å²) < 4.78 is 5.28. The third-order valence-corrected chi connectivity index (χ3v) is 3.39. The Balaban J connectivity index is 1.88. The molecule has 16 heavy (non-hydrogen) atoms. The molecule has 0 saturated carbocycles. The molecule has 0 aromatic carbocycles. The van der Waals surface area contributed by atoms with E-state index in [1.807, 2.05) is 0 Å². The SMILES string of the molecule is [B]C(CO)C(=O)OC1CC2C=CC(C1)N2C. The van der Waals surface area contributed by atoms with Gasteiger partial charge in [0.15, 0.2) is 0 Å². The van der Waals surface area contributed by atoms with Gasteiger partial charge in [0.1, 0.15) is 6.10 Å². The summed E-state index contributed by atoms with van der Waals surface area (Å²) in [5, 5.41) is 8.75. The van der Waals surface area contributed by atoms with Gasteiger partial charge in [0.25, 0.3) is 0 Å². The largest absolute Gasteiger partial charge is 0.462 e. The van der Waals surface area contributed by atoms with Crippen LogP contribution in [-0.4, -0.2) is 55.7 Å². The van der Waals surface area contributed by atoms with Crippen LogP contribution in [0.15, 0.2) is 12.2 Å². The van der Waals surface area contributed by atoms with Gasteiger partial charge in [-0.1, -0.05) is 12.2 Å². The number of rotatable bonds is 3. The summed E-state index contributed by atoms with van der Waals surface area (Å²) in [6, 6.07) is 0.726. The maximum atomic E-state index is 11.4. The number of ether oxygens (including phenoxy) is 1. The van der Waals surface area contributed by atoms with Gasteiger partial charge in [-0.15, -0.1) is 0 Å². The number of aliphatic hydroxyl groups is 1. The van der Waals surface area contributed by atoms with Crippen molar-refractivity contribution in [1.82, 2.24) is 4.90 Å². The molecule has 0 spiro atoms. The maximum absolute atomic E-state index is 11.4.